The zero-order valence-electron chi connectivity index (χ0n) is 6.46. The molecule has 0 amide bonds. The fourth-order valence-corrected chi connectivity index (χ4v) is 0.782. The number of nitrogens with one attached hydrogen (secondary N) is 1. The van der Waals surface area contributed by atoms with Crippen LogP contribution in [0.5, 0.6) is 0 Å². The number of hydrogen-bond acceptors (Lipinski definition) is 2. The first-order valence-electron chi connectivity index (χ1n) is 3.63. The molecule has 0 aliphatic rings. The molecule has 3 nitrogen and oxygen atoms in total. The highest BCUT2D eigenvalue weighted by molar-refractivity contribution is 4.90. The summed E-state index contributed by atoms with van der Waals surface area (Å²) in [5.41, 5.74) is 1.06. The van der Waals surface area contributed by atoms with E-state index in [1.165, 1.54) is 6.42 Å². The van der Waals surface area contributed by atoms with E-state index in [4.69, 9.17) is 0 Å². The summed E-state index contributed by atoms with van der Waals surface area (Å²) in [6.45, 7) is 4.42. The van der Waals surface area contributed by atoms with E-state index in [1.54, 1.807) is 6.20 Å². The molecular weight excluding hydrogens is 126 g/mol. The molecule has 1 aromatic heterocycles. The first kappa shape index (κ1) is 7.25. The number of hydrogen-bond donors (Lipinski definition) is 1. The predicted molar refractivity (Wildman–Crippen MR) is 39.5 cm³/mol. The van der Waals surface area contributed by atoms with E-state index in [9.17, 15) is 0 Å². The molecule has 0 fully saturated rings. The van der Waals surface area contributed by atoms with Gasteiger partial charge in [0.1, 0.15) is 0 Å². The molecule has 0 bridgehead atoms. The molecule has 1 heterocycles. The Morgan fingerprint density at radius 1 is 1.60 bits per heavy atom. The van der Waals surface area contributed by atoms with Crippen LogP contribution in [0.3, 0.4) is 0 Å². The summed E-state index contributed by atoms with van der Waals surface area (Å²) >= 11 is 0. The van der Waals surface area contributed by atoms with Gasteiger partial charge in [0, 0.05) is 0 Å². The second-order valence-corrected chi connectivity index (χ2v) is 2.89. The van der Waals surface area contributed by atoms with Gasteiger partial charge in [0.15, 0.2) is 0 Å². The van der Waals surface area contributed by atoms with Gasteiger partial charge in [-0.25, -0.2) is 0 Å². The van der Waals surface area contributed by atoms with Crippen molar-refractivity contribution in [2.24, 2.45) is 5.92 Å². The summed E-state index contributed by atoms with van der Waals surface area (Å²) in [4.78, 5) is 0. The van der Waals surface area contributed by atoms with Crippen LogP contribution in [-0.2, 0) is 6.42 Å². The molecule has 0 radical (unpaired) electrons. The highest BCUT2D eigenvalue weighted by Crippen LogP contribution is 2.04. The van der Waals surface area contributed by atoms with Crippen molar-refractivity contribution in [1.29, 1.82) is 0 Å². The zero-order chi connectivity index (χ0) is 7.40. The van der Waals surface area contributed by atoms with Gasteiger partial charge in [-0.2, -0.15) is 15.4 Å². The lowest BCUT2D eigenvalue weighted by atomic mass is 10.1. The van der Waals surface area contributed by atoms with Gasteiger partial charge in [0.2, 0.25) is 0 Å². The maximum Gasteiger partial charge on any atom is 0.0824 e. The van der Waals surface area contributed by atoms with Gasteiger partial charge in [0.05, 0.1) is 11.9 Å². The predicted octanol–water partition coefficient (Wildman–Crippen LogP) is 1.39. The van der Waals surface area contributed by atoms with E-state index in [0.29, 0.717) is 0 Å². The smallest absolute Gasteiger partial charge is 0.0824 e. The number of rotatable bonds is 3. The Morgan fingerprint density at radius 3 is 2.90 bits per heavy atom. The maximum absolute atomic E-state index is 3.95. The van der Waals surface area contributed by atoms with Crippen molar-refractivity contribution in [3.63, 3.8) is 0 Å². The van der Waals surface area contributed by atoms with Crippen molar-refractivity contribution >= 4 is 0 Å². The molecule has 0 spiro atoms. The van der Waals surface area contributed by atoms with Gasteiger partial charge >= 0.3 is 0 Å². The van der Waals surface area contributed by atoms with Crippen LogP contribution in [0.15, 0.2) is 6.20 Å². The second kappa shape index (κ2) is 3.34. The Kier molecular flexibility index (Phi) is 2.42. The Morgan fingerprint density at radius 2 is 2.40 bits per heavy atom. The summed E-state index contributed by atoms with van der Waals surface area (Å²) in [5.74, 6) is 0.747. The molecule has 56 valence electrons. The van der Waals surface area contributed by atoms with Gasteiger partial charge in [-0.1, -0.05) is 13.8 Å². The quantitative estimate of drug-likeness (QED) is 0.687. The van der Waals surface area contributed by atoms with E-state index in [-0.39, 0.29) is 0 Å². The summed E-state index contributed by atoms with van der Waals surface area (Å²) < 4.78 is 0. The van der Waals surface area contributed by atoms with Crippen molar-refractivity contribution < 1.29 is 0 Å². The van der Waals surface area contributed by atoms with Crippen LogP contribution in [0.2, 0.25) is 0 Å². The average molecular weight is 139 g/mol. The maximum atomic E-state index is 3.95. The summed E-state index contributed by atoms with van der Waals surface area (Å²) in [6.07, 6.45) is 4.00. The number of nitrogens with zero attached hydrogens (tertiary/aromatic N) is 2. The first-order valence-corrected chi connectivity index (χ1v) is 3.63. The van der Waals surface area contributed by atoms with E-state index < -0.39 is 0 Å². The van der Waals surface area contributed by atoms with Crippen LogP contribution in [0.1, 0.15) is 26.0 Å². The lowest BCUT2D eigenvalue weighted by Crippen LogP contribution is -1.91. The summed E-state index contributed by atoms with van der Waals surface area (Å²) in [5, 5.41) is 10.3. The van der Waals surface area contributed by atoms with E-state index >= 15 is 0 Å². The summed E-state index contributed by atoms with van der Waals surface area (Å²) in [7, 11) is 0. The molecule has 0 unspecified atom stereocenters. The SMILES string of the molecule is CC(C)CCc1cn[nH]n1. The van der Waals surface area contributed by atoms with Gasteiger partial charge in [-0.15, -0.1) is 0 Å². The number of aromatic amines is 1. The van der Waals surface area contributed by atoms with Gasteiger partial charge in [0.25, 0.3) is 0 Å². The van der Waals surface area contributed by atoms with Crippen molar-refractivity contribution in [2.75, 3.05) is 0 Å². The molecule has 3 heteroatoms. The van der Waals surface area contributed by atoms with Gasteiger partial charge in [-0.05, 0) is 18.8 Å². The molecule has 0 aliphatic heterocycles. The molecule has 1 aromatic rings. The highest BCUT2D eigenvalue weighted by Gasteiger charge is 1.97. The molecule has 0 aromatic carbocycles. The third kappa shape index (κ3) is 2.17. The van der Waals surface area contributed by atoms with Crippen LogP contribution in [-0.4, -0.2) is 15.4 Å². The zero-order valence-corrected chi connectivity index (χ0v) is 6.46. The number of H-pyrrole nitrogens is 1. The van der Waals surface area contributed by atoms with Crippen molar-refractivity contribution in [3.8, 4) is 0 Å². The molecule has 1 N–H and O–H groups in total. The fraction of sp³-hybridized carbons (Fsp3) is 0.714. The standard InChI is InChI=1S/C7H13N3/c1-6(2)3-4-7-5-8-10-9-7/h5-6H,3-4H2,1-2H3,(H,8,9,10). The fourth-order valence-electron chi connectivity index (χ4n) is 0.782. The Hall–Kier alpha value is -0.860. The molecule has 10 heavy (non-hydrogen) atoms. The monoisotopic (exact) mass is 139 g/mol. The van der Waals surface area contributed by atoms with Gasteiger partial charge < -0.3 is 0 Å². The second-order valence-electron chi connectivity index (χ2n) is 2.89. The van der Waals surface area contributed by atoms with Crippen LogP contribution in [0.4, 0.5) is 0 Å². The van der Waals surface area contributed by atoms with Crippen molar-refractivity contribution in [2.45, 2.75) is 26.7 Å². The lowest BCUT2D eigenvalue weighted by Gasteiger charge is -1.99. The molecule has 0 saturated carbocycles. The third-order valence-electron chi connectivity index (χ3n) is 1.44. The summed E-state index contributed by atoms with van der Waals surface area (Å²) in [6, 6.07) is 0. The third-order valence-corrected chi connectivity index (χ3v) is 1.44. The molecule has 0 atom stereocenters. The number of aryl methyl sites for hydroxylation is 1. The lowest BCUT2D eigenvalue weighted by molar-refractivity contribution is 0.581. The van der Waals surface area contributed by atoms with Crippen LogP contribution < -0.4 is 0 Å². The number of aromatic nitrogens is 3. The Bertz CT molecular complexity index is 167. The minimum Gasteiger partial charge on any atom is -0.198 e. The topological polar surface area (TPSA) is 41.6 Å². The Labute approximate surface area is 60.8 Å². The average Bonchev–Trinajstić information content (AvgIpc) is 2.34. The molecule has 0 aliphatic carbocycles. The minimum absolute atomic E-state index is 0.747. The van der Waals surface area contributed by atoms with Crippen molar-refractivity contribution in [3.05, 3.63) is 11.9 Å². The molecule has 0 saturated heterocycles. The van der Waals surface area contributed by atoms with Crippen molar-refractivity contribution in [1.82, 2.24) is 15.4 Å². The van der Waals surface area contributed by atoms with E-state index in [2.05, 4.69) is 29.3 Å². The largest absolute Gasteiger partial charge is 0.198 e. The van der Waals surface area contributed by atoms with E-state index in [0.717, 1.165) is 18.0 Å². The van der Waals surface area contributed by atoms with Crippen LogP contribution >= 0.6 is 0 Å². The van der Waals surface area contributed by atoms with Crippen LogP contribution in [0, 0.1) is 5.92 Å². The minimum atomic E-state index is 0.747. The molecule has 1 rings (SSSR count). The van der Waals surface area contributed by atoms with E-state index in [1.807, 2.05) is 0 Å². The van der Waals surface area contributed by atoms with Crippen LogP contribution in [0.25, 0.3) is 0 Å². The normalized spacial score (nSPS) is 10.7. The van der Waals surface area contributed by atoms with Gasteiger partial charge in [-0.3, -0.25) is 0 Å². The highest BCUT2D eigenvalue weighted by atomic mass is 15.3. The molecular formula is C7H13N3. The first-order chi connectivity index (χ1) is 4.79. The Balaban J connectivity index is 2.28.